The summed E-state index contributed by atoms with van der Waals surface area (Å²) in [6.07, 6.45) is -0.258. The summed E-state index contributed by atoms with van der Waals surface area (Å²) in [5, 5.41) is 9.23. The molecule has 0 saturated carbocycles. The number of carboxylic acid groups (broad SMARTS) is 1. The highest BCUT2D eigenvalue weighted by Crippen LogP contribution is 2.16. The first-order chi connectivity index (χ1) is 7.56. The molecule has 16 heavy (non-hydrogen) atoms. The molecule has 0 aliphatic rings. The maximum Gasteiger partial charge on any atom is 0.307 e. The van der Waals surface area contributed by atoms with Crippen molar-refractivity contribution in [3.8, 4) is 0 Å². The van der Waals surface area contributed by atoms with Crippen LogP contribution in [0.15, 0.2) is 29.1 Å². The molecule has 2 aromatic rings. The van der Waals surface area contributed by atoms with Gasteiger partial charge in [0.1, 0.15) is 5.82 Å². The fourth-order valence-corrected chi connectivity index (χ4v) is 1.61. The molecule has 0 saturated heterocycles. The predicted octanol–water partition coefficient (Wildman–Crippen LogP) is 1.29. The lowest BCUT2D eigenvalue weighted by Crippen LogP contribution is -2.09. The lowest BCUT2D eigenvalue weighted by molar-refractivity contribution is -0.136. The van der Waals surface area contributed by atoms with Gasteiger partial charge in [-0.15, -0.1) is 0 Å². The predicted molar refractivity (Wildman–Crippen MR) is 55.9 cm³/mol. The van der Waals surface area contributed by atoms with Crippen LogP contribution in [-0.2, 0) is 11.2 Å². The summed E-state index contributed by atoms with van der Waals surface area (Å²) < 4.78 is 12.9. The summed E-state index contributed by atoms with van der Waals surface area (Å²) in [4.78, 5) is 24.3. The van der Waals surface area contributed by atoms with E-state index in [9.17, 15) is 14.0 Å². The van der Waals surface area contributed by atoms with Gasteiger partial charge in [-0.05, 0) is 23.8 Å². The van der Waals surface area contributed by atoms with Crippen molar-refractivity contribution >= 4 is 16.9 Å². The van der Waals surface area contributed by atoms with Crippen LogP contribution >= 0.6 is 0 Å². The van der Waals surface area contributed by atoms with E-state index in [0.29, 0.717) is 16.5 Å². The minimum Gasteiger partial charge on any atom is -0.481 e. The largest absolute Gasteiger partial charge is 0.481 e. The Morgan fingerprint density at radius 3 is 2.81 bits per heavy atom. The molecule has 0 bridgehead atoms. The van der Waals surface area contributed by atoms with Crippen molar-refractivity contribution in [2.45, 2.75) is 6.42 Å². The van der Waals surface area contributed by atoms with Gasteiger partial charge in [-0.2, -0.15) is 0 Å². The van der Waals surface area contributed by atoms with Crippen LogP contribution in [0.3, 0.4) is 0 Å². The summed E-state index contributed by atoms with van der Waals surface area (Å²) in [5.41, 5.74) is 0.254. The number of aliphatic carboxylic acids is 1. The molecule has 0 aliphatic heterocycles. The maximum atomic E-state index is 12.9. The number of aromatic amines is 1. The molecule has 0 amide bonds. The molecule has 4 nitrogen and oxygen atoms in total. The fraction of sp³-hybridized carbons (Fsp3) is 0.0909. The molecule has 0 aliphatic carbocycles. The van der Waals surface area contributed by atoms with Crippen LogP contribution in [0.2, 0.25) is 0 Å². The molecule has 1 heterocycles. The number of hydrogen-bond acceptors (Lipinski definition) is 2. The number of nitrogens with one attached hydrogen (secondary N) is 1. The van der Waals surface area contributed by atoms with Crippen molar-refractivity contribution in [3.63, 3.8) is 0 Å². The highest BCUT2D eigenvalue weighted by atomic mass is 19.1. The van der Waals surface area contributed by atoms with Crippen LogP contribution in [0.25, 0.3) is 10.9 Å². The van der Waals surface area contributed by atoms with Gasteiger partial charge in [-0.25, -0.2) is 4.39 Å². The molecular weight excluding hydrogens is 213 g/mol. The minimum atomic E-state index is -1.03. The van der Waals surface area contributed by atoms with E-state index in [1.807, 2.05) is 0 Å². The van der Waals surface area contributed by atoms with Crippen LogP contribution in [0, 0.1) is 5.82 Å². The number of fused-ring (bicyclic) bond motifs is 1. The number of rotatable bonds is 2. The molecule has 5 heteroatoms. The van der Waals surface area contributed by atoms with Crippen molar-refractivity contribution in [2.24, 2.45) is 0 Å². The number of benzene rings is 1. The van der Waals surface area contributed by atoms with Gasteiger partial charge >= 0.3 is 5.97 Å². The fourth-order valence-electron chi connectivity index (χ4n) is 1.61. The third kappa shape index (κ3) is 1.93. The third-order valence-electron chi connectivity index (χ3n) is 2.23. The third-order valence-corrected chi connectivity index (χ3v) is 2.23. The van der Waals surface area contributed by atoms with Crippen molar-refractivity contribution in [1.82, 2.24) is 4.98 Å². The highest BCUT2D eigenvalue weighted by Gasteiger charge is 2.07. The Morgan fingerprint density at radius 1 is 1.38 bits per heavy atom. The minimum absolute atomic E-state index is 0.258. The van der Waals surface area contributed by atoms with E-state index in [1.54, 1.807) is 0 Å². The molecule has 0 fully saturated rings. The number of hydrogen-bond donors (Lipinski definition) is 2. The van der Waals surface area contributed by atoms with Crippen LogP contribution in [0.5, 0.6) is 0 Å². The van der Waals surface area contributed by atoms with Crippen molar-refractivity contribution in [2.75, 3.05) is 0 Å². The van der Waals surface area contributed by atoms with E-state index in [1.165, 1.54) is 24.3 Å². The summed E-state index contributed by atoms with van der Waals surface area (Å²) in [7, 11) is 0. The second-order valence-corrected chi connectivity index (χ2v) is 3.42. The van der Waals surface area contributed by atoms with Gasteiger partial charge in [-0.3, -0.25) is 9.59 Å². The molecule has 2 N–H and O–H groups in total. The zero-order valence-corrected chi connectivity index (χ0v) is 8.16. The lowest BCUT2D eigenvalue weighted by atomic mass is 10.1. The second-order valence-electron chi connectivity index (χ2n) is 3.42. The Morgan fingerprint density at radius 2 is 2.12 bits per heavy atom. The molecule has 0 unspecified atom stereocenters. The van der Waals surface area contributed by atoms with Crippen molar-refractivity contribution in [1.29, 1.82) is 0 Å². The SMILES string of the molecule is O=C(O)Cc1cc(=O)[nH]c2cc(F)ccc12. The van der Waals surface area contributed by atoms with Gasteiger partial charge in [0, 0.05) is 11.5 Å². The molecule has 82 valence electrons. The van der Waals surface area contributed by atoms with Gasteiger partial charge in [-0.1, -0.05) is 0 Å². The highest BCUT2D eigenvalue weighted by molar-refractivity contribution is 5.85. The Kier molecular flexibility index (Phi) is 2.44. The maximum absolute atomic E-state index is 12.9. The van der Waals surface area contributed by atoms with Crippen LogP contribution in [0.1, 0.15) is 5.56 Å². The summed E-state index contributed by atoms with van der Waals surface area (Å²) >= 11 is 0. The van der Waals surface area contributed by atoms with Gasteiger partial charge in [0.25, 0.3) is 0 Å². The zero-order chi connectivity index (χ0) is 11.7. The van der Waals surface area contributed by atoms with Crippen LogP contribution in [-0.4, -0.2) is 16.1 Å². The first kappa shape index (κ1) is 10.4. The number of aromatic nitrogens is 1. The lowest BCUT2D eigenvalue weighted by Gasteiger charge is -2.03. The molecule has 0 atom stereocenters. The van der Waals surface area contributed by atoms with E-state index in [0.717, 1.165) is 0 Å². The molecule has 0 radical (unpaired) electrons. The van der Waals surface area contributed by atoms with Crippen LogP contribution in [0.4, 0.5) is 4.39 Å². The van der Waals surface area contributed by atoms with E-state index in [-0.39, 0.29) is 6.42 Å². The first-order valence-electron chi connectivity index (χ1n) is 4.59. The Balaban J connectivity index is 2.72. The van der Waals surface area contributed by atoms with Gasteiger partial charge < -0.3 is 10.1 Å². The van der Waals surface area contributed by atoms with Gasteiger partial charge in [0.2, 0.25) is 5.56 Å². The number of halogens is 1. The first-order valence-corrected chi connectivity index (χ1v) is 4.59. The average Bonchev–Trinajstić information content (AvgIpc) is 2.15. The summed E-state index contributed by atoms with van der Waals surface area (Å²) in [6.45, 7) is 0. The topological polar surface area (TPSA) is 70.2 Å². The number of pyridine rings is 1. The quantitative estimate of drug-likeness (QED) is 0.802. The number of carbonyl (C=O) groups is 1. The molecule has 1 aromatic heterocycles. The van der Waals surface area contributed by atoms with Crippen molar-refractivity contribution in [3.05, 3.63) is 46.0 Å². The Labute approximate surface area is 89.3 Å². The van der Waals surface area contributed by atoms with Gasteiger partial charge in [0.05, 0.1) is 11.9 Å². The Bertz CT molecular complexity index is 618. The van der Waals surface area contributed by atoms with E-state index >= 15 is 0 Å². The Hall–Kier alpha value is -2.17. The van der Waals surface area contributed by atoms with Gasteiger partial charge in [0.15, 0.2) is 0 Å². The summed E-state index contributed by atoms with van der Waals surface area (Å²) in [6, 6.07) is 5.07. The zero-order valence-electron chi connectivity index (χ0n) is 8.16. The van der Waals surface area contributed by atoms with Crippen LogP contribution < -0.4 is 5.56 Å². The number of H-pyrrole nitrogens is 1. The standard InChI is InChI=1S/C11H8FNO3/c12-7-1-2-8-6(4-11(15)16)3-10(14)13-9(8)5-7/h1-3,5H,4H2,(H,13,14)(H,15,16). The van der Waals surface area contributed by atoms with Crippen molar-refractivity contribution < 1.29 is 14.3 Å². The molecule has 2 rings (SSSR count). The van der Waals surface area contributed by atoms with E-state index in [4.69, 9.17) is 5.11 Å². The molecule has 0 spiro atoms. The molecule has 1 aromatic carbocycles. The van der Waals surface area contributed by atoms with E-state index in [2.05, 4.69) is 4.98 Å². The van der Waals surface area contributed by atoms with E-state index < -0.39 is 17.3 Å². The average molecular weight is 221 g/mol. The summed E-state index contributed by atoms with van der Waals surface area (Å²) in [5.74, 6) is -1.51. The number of carboxylic acids is 1. The normalized spacial score (nSPS) is 10.6. The monoisotopic (exact) mass is 221 g/mol. The molecular formula is C11H8FNO3. The smallest absolute Gasteiger partial charge is 0.307 e. The second kappa shape index (κ2) is 3.77.